The van der Waals surface area contributed by atoms with Crippen molar-refractivity contribution >= 4 is 11.9 Å². The average Bonchev–Trinajstić information content (AvgIpc) is 2.37. The normalized spacial score (nSPS) is 21.8. The van der Waals surface area contributed by atoms with E-state index in [0.717, 1.165) is 12.8 Å². The summed E-state index contributed by atoms with van der Waals surface area (Å²) in [6.45, 7) is 7.16. The second kappa shape index (κ2) is 6.73. The second-order valence-corrected chi connectivity index (χ2v) is 5.15. The summed E-state index contributed by atoms with van der Waals surface area (Å²) in [6, 6.07) is -0.481. The molecule has 0 saturated carbocycles. The van der Waals surface area contributed by atoms with Crippen LogP contribution in [0.15, 0.2) is 0 Å². The molecule has 5 heteroatoms. The van der Waals surface area contributed by atoms with E-state index >= 15 is 0 Å². The van der Waals surface area contributed by atoms with Crippen LogP contribution >= 0.6 is 0 Å². The van der Waals surface area contributed by atoms with Gasteiger partial charge in [-0.15, -0.1) is 0 Å². The lowest BCUT2D eigenvalue weighted by atomic mass is 9.96. The Labute approximate surface area is 109 Å². The highest BCUT2D eigenvalue weighted by molar-refractivity contribution is 5.83. The largest absolute Gasteiger partial charge is 0.466 e. The summed E-state index contributed by atoms with van der Waals surface area (Å²) in [5, 5.41) is 0. The number of nitrogens with zero attached hydrogens (tertiary/aromatic N) is 1. The van der Waals surface area contributed by atoms with Crippen molar-refractivity contribution in [2.75, 3.05) is 19.7 Å². The number of carbonyl (C=O) groups is 2. The molecular formula is C13H24N2O3. The molecule has 1 saturated heterocycles. The first-order chi connectivity index (χ1) is 8.47. The van der Waals surface area contributed by atoms with E-state index in [1.54, 1.807) is 11.8 Å². The van der Waals surface area contributed by atoms with Crippen LogP contribution in [0, 0.1) is 11.8 Å². The lowest BCUT2D eigenvalue weighted by Crippen LogP contribution is -2.51. The van der Waals surface area contributed by atoms with E-state index in [-0.39, 0.29) is 23.7 Å². The molecule has 104 valence electrons. The van der Waals surface area contributed by atoms with E-state index in [1.807, 2.05) is 13.8 Å². The number of esters is 1. The number of hydrogen-bond acceptors (Lipinski definition) is 4. The summed E-state index contributed by atoms with van der Waals surface area (Å²) in [6.07, 6.45) is 1.62. The number of rotatable bonds is 4. The van der Waals surface area contributed by atoms with E-state index in [9.17, 15) is 9.59 Å². The predicted octanol–water partition coefficient (Wildman–Crippen LogP) is 0.771. The molecule has 2 N–H and O–H groups in total. The molecule has 1 fully saturated rings. The smallest absolute Gasteiger partial charge is 0.310 e. The Morgan fingerprint density at radius 2 is 2.11 bits per heavy atom. The SMILES string of the molecule is CCOC(=O)C1CCCN(C(=O)[C@H](N)C(C)C)C1. The van der Waals surface area contributed by atoms with Crippen LogP contribution in [0.3, 0.4) is 0 Å². The lowest BCUT2D eigenvalue weighted by molar-refractivity contribution is -0.151. The summed E-state index contributed by atoms with van der Waals surface area (Å²) in [7, 11) is 0. The molecule has 1 heterocycles. The van der Waals surface area contributed by atoms with Crippen LogP contribution in [0.2, 0.25) is 0 Å². The molecule has 1 amide bonds. The molecule has 0 aromatic rings. The van der Waals surface area contributed by atoms with Gasteiger partial charge in [-0.25, -0.2) is 0 Å². The van der Waals surface area contributed by atoms with Crippen LogP contribution in [0.1, 0.15) is 33.6 Å². The zero-order chi connectivity index (χ0) is 13.7. The number of likely N-dealkylation sites (tertiary alicyclic amines) is 1. The minimum absolute atomic E-state index is 0.0565. The molecule has 18 heavy (non-hydrogen) atoms. The Balaban J connectivity index is 2.58. The molecule has 1 aliphatic heterocycles. The van der Waals surface area contributed by atoms with Crippen molar-refractivity contribution in [2.24, 2.45) is 17.6 Å². The number of amides is 1. The fraction of sp³-hybridized carbons (Fsp3) is 0.846. The summed E-state index contributed by atoms with van der Waals surface area (Å²) in [5.74, 6) is -0.338. The van der Waals surface area contributed by atoms with E-state index in [2.05, 4.69) is 0 Å². The zero-order valence-electron chi connectivity index (χ0n) is 11.5. The van der Waals surface area contributed by atoms with Gasteiger partial charge in [0.1, 0.15) is 0 Å². The first-order valence-electron chi connectivity index (χ1n) is 6.68. The summed E-state index contributed by atoms with van der Waals surface area (Å²) in [5.41, 5.74) is 5.86. The Morgan fingerprint density at radius 3 is 2.67 bits per heavy atom. The van der Waals surface area contributed by atoms with E-state index in [4.69, 9.17) is 10.5 Å². The molecule has 1 aliphatic rings. The van der Waals surface area contributed by atoms with Gasteiger partial charge in [0.2, 0.25) is 5.91 Å². The molecule has 0 aromatic carbocycles. The van der Waals surface area contributed by atoms with Gasteiger partial charge in [-0.3, -0.25) is 9.59 Å². The first-order valence-corrected chi connectivity index (χ1v) is 6.68. The quantitative estimate of drug-likeness (QED) is 0.754. The third-order valence-electron chi connectivity index (χ3n) is 3.36. The maximum absolute atomic E-state index is 12.1. The molecule has 1 rings (SSSR count). The van der Waals surface area contributed by atoms with E-state index < -0.39 is 6.04 Å². The van der Waals surface area contributed by atoms with Gasteiger partial charge in [0.25, 0.3) is 0 Å². The van der Waals surface area contributed by atoms with Crippen molar-refractivity contribution in [1.29, 1.82) is 0 Å². The second-order valence-electron chi connectivity index (χ2n) is 5.15. The maximum atomic E-state index is 12.1. The highest BCUT2D eigenvalue weighted by Gasteiger charge is 2.32. The van der Waals surface area contributed by atoms with Crippen LogP contribution in [0.4, 0.5) is 0 Å². The lowest BCUT2D eigenvalue weighted by Gasteiger charge is -2.33. The Morgan fingerprint density at radius 1 is 1.44 bits per heavy atom. The fourth-order valence-corrected chi connectivity index (χ4v) is 2.13. The van der Waals surface area contributed by atoms with Gasteiger partial charge in [0.15, 0.2) is 0 Å². The molecule has 0 aromatic heterocycles. The molecule has 5 nitrogen and oxygen atoms in total. The Bertz CT molecular complexity index is 305. The first kappa shape index (κ1) is 15.0. The van der Waals surface area contributed by atoms with E-state index in [0.29, 0.717) is 19.7 Å². The van der Waals surface area contributed by atoms with Crippen molar-refractivity contribution in [1.82, 2.24) is 4.90 Å². The van der Waals surface area contributed by atoms with Gasteiger partial charge >= 0.3 is 5.97 Å². The molecule has 0 spiro atoms. The number of nitrogens with two attached hydrogens (primary N) is 1. The minimum atomic E-state index is -0.481. The Kier molecular flexibility index (Phi) is 5.59. The maximum Gasteiger partial charge on any atom is 0.310 e. The van der Waals surface area contributed by atoms with Gasteiger partial charge in [-0.05, 0) is 25.7 Å². The Hall–Kier alpha value is -1.10. The predicted molar refractivity (Wildman–Crippen MR) is 68.8 cm³/mol. The van der Waals surface area contributed by atoms with Crippen molar-refractivity contribution in [2.45, 2.75) is 39.7 Å². The highest BCUT2D eigenvalue weighted by Crippen LogP contribution is 2.19. The highest BCUT2D eigenvalue weighted by atomic mass is 16.5. The zero-order valence-corrected chi connectivity index (χ0v) is 11.5. The van der Waals surface area contributed by atoms with Crippen LogP contribution in [-0.4, -0.2) is 42.5 Å². The van der Waals surface area contributed by atoms with Crippen molar-refractivity contribution in [3.63, 3.8) is 0 Å². The average molecular weight is 256 g/mol. The van der Waals surface area contributed by atoms with Crippen molar-refractivity contribution in [3.05, 3.63) is 0 Å². The standard InChI is InChI=1S/C13H24N2O3/c1-4-18-13(17)10-6-5-7-15(8-10)12(16)11(14)9(2)3/h9-11H,4-8,14H2,1-3H3/t10?,11-/m1/s1. The monoisotopic (exact) mass is 256 g/mol. The minimum Gasteiger partial charge on any atom is -0.466 e. The number of ether oxygens (including phenoxy) is 1. The molecule has 2 atom stereocenters. The van der Waals surface area contributed by atoms with Crippen LogP contribution < -0.4 is 5.73 Å². The summed E-state index contributed by atoms with van der Waals surface area (Å²) < 4.78 is 5.01. The molecular weight excluding hydrogens is 232 g/mol. The number of hydrogen-bond donors (Lipinski definition) is 1. The molecule has 0 radical (unpaired) electrons. The summed E-state index contributed by atoms with van der Waals surface area (Å²) >= 11 is 0. The van der Waals surface area contributed by atoms with Gasteiger partial charge in [-0.2, -0.15) is 0 Å². The molecule has 1 unspecified atom stereocenters. The van der Waals surface area contributed by atoms with Crippen molar-refractivity contribution < 1.29 is 14.3 Å². The van der Waals surface area contributed by atoms with Gasteiger partial charge < -0.3 is 15.4 Å². The van der Waals surface area contributed by atoms with Crippen molar-refractivity contribution in [3.8, 4) is 0 Å². The summed E-state index contributed by atoms with van der Waals surface area (Å²) in [4.78, 5) is 25.5. The molecule has 0 bridgehead atoms. The van der Waals surface area contributed by atoms with Crippen LogP contribution in [-0.2, 0) is 14.3 Å². The van der Waals surface area contributed by atoms with Gasteiger partial charge in [0, 0.05) is 13.1 Å². The van der Waals surface area contributed by atoms with Gasteiger partial charge in [0.05, 0.1) is 18.6 Å². The number of piperidine rings is 1. The number of carbonyl (C=O) groups excluding carboxylic acids is 2. The third-order valence-corrected chi connectivity index (χ3v) is 3.36. The topological polar surface area (TPSA) is 72.6 Å². The van der Waals surface area contributed by atoms with E-state index in [1.165, 1.54) is 0 Å². The third kappa shape index (κ3) is 3.70. The van der Waals surface area contributed by atoms with Gasteiger partial charge in [-0.1, -0.05) is 13.8 Å². The van der Waals surface area contributed by atoms with Crippen LogP contribution in [0.25, 0.3) is 0 Å². The fourth-order valence-electron chi connectivity index (χ4n) is 2.13. The van der Waals surface area contributed by atoms with Crippen LogP contribution in [0.5, 0.6) is 0 Å². The molecule has 0 aliphatic carbocycles.